The molecule has 5 rings (SSSR count). The number of aromatic nitrogens is 3. The van der Waals surface area contributed by atoms with E-state index in [-0.39, 0.29) is 5.63 Å². The molecule has 170 valence electrons. The van der Waals surface area contributed by atoms with Gasteiger partial charge in [0.15, 0.2) is 5.16 Å². The Kier molecular flexibility index (Phi) is 6.46. The Morgan fingerprint density at radius 1 is 1.03 bits per heavy atom. The summed E-state index contributed by atoms with van der Waals surface area (Å²) in [5.41, 5.74) is 2.27. The molecule has 0 spiro atoms. The fraction of sp³-hybridized carbons (Fsp3) is 0.320. The van der Waals surface area contributed by atoms with E-state index in [1.807, 2.05) is 18.2 Å². The Balaban J connectivity index is 1.43. The van der Waals surface area contributed by atoms with Gasteiger partial charge in [-0.15, -0.1) is 10.2 Å². The second-order valence-corrected chi connectivity index (χ2v) is 9.14. The van der Waals surface area contributed by atoms with Crippen LogP contribution in [-0.4, -0.2) is 39.9 Å². The number of hydrogen-bond donors (Lipinski definition) is 0. The molecule has 0 N–H and O–H groups in total. The van der Waals surface area contributed by atoms with Gasteiger partial charge in [-0.1, -0.05) is 42.1 Å². The number of hydrogen-bond acceptors (Lipinski definition) is 7. The third-order valence-electron chi connectivity index (χ3n) is 5.93. The van der Waals surface area contributed by atoms with Gasteiger partial charge >= 0.3 is 5.63 Å². The lowest BCUT2D eigenvalue weighted by Gasteiger charge is -2.16. The summed E-state index contributed by atoms with van der Waals surface area (Å²) < 4.78 is 12.9. The highest BCUT2D eigenvalue weighted by Crippen LogP contribution is 2.29. The molecule has 1 fully saturated rings. The van der Waals surface area contributed by atoms with Crippen LogP contribution >= 0.6 is 11.8 Å². The number of thioether (sulfide) groups is 1. The number of fused-ring (bicyclic) bond motifs is 1. The van der Waals surface area contributed by atoms with E-state index in [2.05, 4.69) is 43.9 Å². The van der Waals surface area contributed by atoms with Crippen molar-refractivity contribution in [2.24, 2.45) is 0 Å². The van der Waals surface area contributed by atoms with Gasteiger partial charge in [-0.2, -0.15) is 0 Å². The van der Waals surface area contributed by atoms with Gasteiger partial charge in [-0.3, -0.25) is 4.90 Å². The van der Waals surface area contributed by atoms with Gasteiger partial charge in [0.05, 0.1) is 20.2 Å². The highest BCUT2D eigenvalue weighted by molar-refractivity contribution is 7.98. The molecule has 3 heterocycles. The quantitative estimate of drug-likeness (QED) is 0.285. The Hall–Kier alpha value is -3.10. The van der Waals surface area contributed by atoms with Crippen molar-refractivity contribution < 1.29 is 9.15 Å². The minimum absolute atomic E-state index is 0.369. The SMILES string of the molecule is COc1ccc2c(CSc3nnc(CN4CCCC4)n3Cc3ccccc3)cc(=O)oc2c1. The minimum atomic E-state index is -0.369. The molecule has 33 heavy (non-hydrogen) atoms. The number of ether oxygens (including phenoxy) is 1. The molecular weight excluding hydrogens is 436 g/mol. The maximum Gasteiger partial charge on any atom is 0.336 e. The summed E-state index contributed by atoms with van der Waals surface area (Å²) in [6, 6.07) is 17.5. The molecule has 0 unspecified atom stereocenters. The number of methoxy groups -OCH3 is 1. The van der Waals surface area contributed by atoms with E-state index in [9.17, 15) is 4.79 Å². The topological polar surface area (TPSA) is 73.4 Å². The van der Waals surface area contributed by atoms with Crippen molar-refractivity contribution in [2.75, 3.05) is 20.2 Å². The van der Waals surface area contributed by atoms with Crippen molar-refractivity contribution in [3.63, 3.8) is 0 Å². The van der Waals surface area contributed by atoms with Crippen LogP contribution in [0.2, 0.25) is 0 Å². The summed E-state index contributed by atoms with van der Waals surface area (Å²) in [5, 5.41) is 10.8. The van der Waals surface area contributed by atoms with Gasteiger partial charge in [0.1, 0.15) is 17.2 Å². The van der Waals surface area contributed by atoms with E-state index in [1.165, 1.54) is 18.4 Å². The molecule has 0 amide bonds. The lowest BCUT2D eigenvalue weighted by atomic mass is 10.1. The van der Waals surface area contributed by atoms with E-state index >= 15 is 0 Å². The predicted octanol–water partition coefficient (Wildman–Crippen LogP) is 4.33. The number of nitrogens with zero attached hydrogens (tertiary/aromatic N) is 4. The summed E-state index contributed by atoms with van der Waals surface area (Å²) in [4.78, 5) is 14.6. The third kappa shape index (κ3) is 4.96. The zero-order valence-corrected chi connectivity index (χ0v) is 19.4. The Labute approximate surface area is 196 Å². The predicted molar refractivity (Wildman–Crippen MR) is 129 cm³/mol. The van der Waals surface area contributed by atoms with Crippen molar-refractivity contribution in [1.82, 2.24) is 19.7 Å². The molecule has 2 aromatic heterocycles. The van der Waals surface area contributed by atoms with Crippen LogP contribution in [0.1, 0.15) is 29.8 Å². The Morgan fingerprint density at radius 2 is 1.85 bits per heavy atom. The molecule has 1 aliphatic heterocycles. The first-order valence-electron chi connectivity index (χ1n) is 11.1. The van der Waals surface area contributed by atoms with E-state index in [0.29, 0.717) is 23.6 Å². The van der Waals surface area contributed by atoms with Gasteiger partial charge < -0.3 is 13.7 Å². The first-order chi connectivity index (χ1) is 16.2. The van der Waals surface area contributed by atoms with Gasteiger partial charge in [-0.05, 0) is 49.2 Å². The van der Waals surface area contributed by atoms with E-state index in [1.54, 1.807) is 31.0 Å². The molecule has 0 bridgehead atoms. The molecule has 0 atom stereocenters. The number of likely N-dealkylation sites (tertiary alicyclic amines) is 1. The lowest BCUT2D eigenvalue weighted by Crippen LogP contribution is -2.21. The number of benzene rings is 2. The van der Waals surface area contributed by atoms with Gasteiger partial charge in [-0.25, -0.2) is 4.79 Å². The molecule has 2 aromatic carbocycles. The number of rotatable bonds is 8. The Morgan fingerprint density at radius 3 is 2.64 bits per heavy atom. The summed E-state index contributed by atoms with van der Waals surface area (Å²) in [6.07, 6.45) is 2.48. The molecule has 0 aliphatic carbocycles. The van der Waals surface area contributed by atoms with E-state index in [0.717, 1.165) is 41.6 Å². The third-order valence-corrected chi connectivity index (χ3v) is 6.95. The minimum Gasteiger partial charge on any atom is -0.497 e. The monoisotopic (exact) mass is 462 g/mol. The molecule has 0 saturated carbocycles. The summed E-state index contributed by atoms with van der Waals surface area (Å²) in [7, 11) is 1.60. The average Bonchev–Trinajstić information content (AvgIpc) is 3.48. The average molecular weight is 463 g/mol. The summed E-state index contributed by atoms with van der Waals surface area (Å²) in [6.45, 7) is 3.73. The van der Waals surface area contributed by atoms with Crippen molar-refractivity contribution >= 4 is 22.7 Å². The molecule has 1 saturated heterocycles. The van der Waals surface area contributed by atoms with Gasteiger partial charge in [0, 0.05) is 23.3 Å². The second kappa shape index (κ2) is 9.80. The highest BCUT2D eigenvalue weighted by atomic mass is 32.2. The van der Waals surface area contributed by atoms with Crippen LogP contribution in [0, 0.1) is 0 Å². The zero-order chi connectivity index (χ0) is 22.6. The van der Waals surface area contributed by atoms with Crippen LogP contribution in [-0.2, 0) is 18.8 Å². The van der Waals surface area contributed by atoms with Crippen molar-refractivity contribution in [3.8, 4) is 5.75 Å². The smallest absolute Gasteiger partial charge is 0.336 e. The lowest BCUT2D eigenvalue weighted by molar-refractivity contribution is 0.316. The first-order valence-corrected chi connectivity index (χ1v) is 12.1. The normalized spacial score (nSPS) is 14.2. The van der Waals surface area contributed by atoms with Crippen LogP contribution in [0.4, 0.5) is 0 Å². The fourth-order valence-electron chi connectivity index (χ4n) is 4.21. The standard InChI is InChI=1S/C25H26N4O3S/c1-31-20-9-10-21-19(13-24(30)32-22(21)14-20)17-33-25-27-26-23(16-28-11-5-6-12-28)29(25)15-18-7-3-2-4-8-18/h2-4,7-10,13-14H,5-6,11-12,15-17H2,1H3. The van der Waals surface area contributed by atoms with Crippen LogP contribution in [0.15, 0.2) is 69.0 Å². The largest absolute Gasteiger partial charge is 0.497 e. The molecule has 1 aliphatic rings. The summed E-state index contributed by atoms with van der Waals surface area (Å²) in [5.74, 6) is 2.22. The summed E-state index contributed by atoms with van der Waals surface area (Å²) >= 11 is 1.59. The highest BCUT2D eigenvalue weighted by Gasteiger charge is 2.19. The van der Waals surface area contributed by atoms with Crippen LogP contribution in [0.3, 0.4) is 0 Å². The molecule has 4 aromatic rings. The molecule has 0 radical (unpaired) electrons. The second-order valence-electron chi connectivity index (χ2n) is 8.20. The van der Waals surface area contributed by atoms with Gasteiger partial charge in [0.2, 0.25) is 0 Å². The van der Waals surface area contributed by atoms with Gasteiger partial charge in [0.25, 0.3) is 0 Å². The van der Waals surface area contributed by atoms with E-state index < -0.39 is 0 Å². The first kappa shape index (κ1) is 21.7. The van der Waals surface area contributed by atoms with Crippen LogP contribution in [0.25, 0.3) is 11.0 Å². The van der Waals surface area contributed by atoms with E-state index in [4.69, 9.17) is 9.15 Å². The maximum absolute atomic E-state index is 12.2. The zero-order valence-electron chi connectivity index (χ0n) is 18.6. The van der Waals surface area contributed by atoms with Crippen molar-refractivity contribution in [2.45, 2.75) is 36.8 Å². The maximum atomic E-state index is 12.2. The molecule has 8 heteroatoms. The fourth-order valence-corrected chi connectivity index (χ4v) is 5.15. The van der Waals surface area contributed by atoms with Crippen LogP contribution in [0.5, 0.6) is 5.75 Å². The molecular formula is C25H26N4O3S. The van der Waals surface area contributed by atoms with Crippen LogP contribution < -0.4 is 10.4 Å². The molecule has 7 nitrogen and oxygen atoms in total. The Bertz CT molecular complexity index is 1300. The van der Waals surface area contributed by atoms with Crippen molar-refractivity contribution in [3.05, 3.63) is 82.0 Å². The van der Waals surface area contributed by atoms with Crippen molar-refractivity contribution in [1.29, 1.82) is 0 Å².